The highest BCUT2D eigenvalue weighted by Gasteiger charge is 2.14. The maximum absolute atomic E-state index is 12.4. The number of carbonyl (C=O) groups excluding carboxylic acids is 1. The van der Waals surface area contributed by atoms with Gasteiger partial charge in [-0.1, -0.05) is 36.4 Å². The number of nitro benzene ring substituents is 1. The molecule has 7 heteroatoms. The molecule has 0 saturated heterocycles. The number of nitro groups is 1. The molecule has 0 fully saturated rings. The third-order valence-electron chi connectivity index (χ3n) is 4.26. The first kappa shape index (κ1) is 18.1. The Morgan fingerprint density at radius 1 is 1.11 bits per heavy atom. The van der Waals surface area contributed by atoms with Crippen LogP contribution in [0, 0.1) is 17.0 Å². The van der Waals surface area contributed by atoms with Gasteiger partial charge in [-0.25, -0.2) is 5.43 Å². The molecule has 0 aliphatic heterocycles. The fraction of sp³-hybridized carbons (Fsp3) is 0.100. The van der Waals surface area contributed by atoms with E-state index in [-0.39, 0.29) is 17.0 Å². The van der Waals surface area contributed by atoms with Gasteiger partial charge in [-0.2, -0.15) is 5.10 Å². The van der Waals surface area contributed by atoms with E-state index in [4.69, 9.17) is 0 Å². The average Bonchev–Trinajstić information content (AvgIpc) is 2.65. The number of hydrogen-bond acceptors (Lipinski definition) is 5. The molecular formula is C20H17N3O4. The summed E-state index contributed by atoms with van der Waals surface area (Å²) in [7, 11) is 0. The molecule has 0 atom stereocenters. The number of amides is 1. The highest BCUT2D eigenvalue weighted by atomic mass is 16.6. The SMILES string of the molecule is CC(=NNC(=O)c1cc2ccccc2cc1O)c1ccc(C)c([N+](=O)[O-])c1. The summed E-state index contributed by atoms with van der Waals surface area (Å²) in [6.07, 6.45) is 0. The fourth-order valence-corrected chi connectivity index (χ4v) is 2.70. The van der Waals surface area contributed by atoms with Gasteiger partial charge >= 0.3 is 0 Å². The van der Waals surface area contributed by atoms with Crippen LogP contribution in [0.3, 0.4) is 0 Å². The first-order valence-electron chi connectivity index (χ1n) is 8.18. The predicted molar refractivity (Wildman–Crippen MR) is 103 cm³/mol. The van der Waals surface area contributed by atoms with Crippen molar-refractivity contribution in [1.29, 1.82) is 0 Å². The van der Waals surface area contributed by atoms with Crippen molar-refractivity contribution in [1.82, 2.24) is 5.43 Å². The van der Waals surface area contributed by atoms with E-state index in [1.165, 1.54) is 12.1 Å². The van der Waals surface area contributed by atoms with E-state index in [9.17, 15) is 20.0 Å². The van der Waals surface area contributed by atoms with E-state index in [1.807, 2.05) is 24.3 Å². The minimum Gasteiger partial charge on any atom is -0.507 e. The van der Waals surface area contributed by atoms with Crippen LogP contribution in [-0.4, -0.2) is 21.6 Å². The van der Waals surface area contributed by atoms with Gasteiger partial charge in [-0.15, -0.1) is 0 Å². The van der Waals surface area contributed by atoms with Crippen LogP contribution in [0.25, 0.3) is 10.8 Å². The Kier molecular flexibility index (Phi) is 4.85. The number of rotatable bonds is 4. The number of phenols is 1. The summed E-state index contributed by atoms with van der Waals surface area (Å²) in [5.74, 6) is -0.718. The van der Waals surface area contributed by atoms with Gasteiger partial charge in [-0.05, 0) is 36.8 Å². The molecule has 27 heavy (non-hydrogen) atoms. The molecular weight excluding hydrogens is 346 g/mol. The second kappa shape index (κ2) is 7.25. The van der Waals surface area contributed by atoms with Crippen molar-refractivity contribution < 1.29 is 14.8 Å². The molecule has 0 saturated carbocycles. The lowest BCUT2D eigenvalue weighted by atomic mass is 10.1. The Balaban J connectivity index is 1.85. The van der Waals surface area contributed by atoms with Gasteiger partial charge in [-0.3, -0.25) is 14.9 Å². The minimum absolute atomic E-state index is 0.0134. The quantitative estimate of drug-likeness (QED) is 0.416. The molecule has 0 aliphatic rings. The summed E-state index contributed by atoms with van der Waals surface area (Å²) in [5, 5.41) is 26.8. The van der Waals surface area contributed by atoms with Gasteiger partial charge < -0.3 is 5.11 Å². The average molecular weight is 363 g/mol. The molecule has 0 heterocycles. The molecule has 2 N–H and O–H groups in total. The number of hydrazone groups is 1. The van der Waals surface area contributed by atoms with E-state index in [1.54, 1.807) is 32.0 Å². The summed E-state index contributed by atoms with van der Waals surface area (Å²) in [4.78, 5) is 23.0. The topological polar surface area (TPSA) is 105 Å². The van der Waals surface area contributed by atoms with Crippen LogP contribution in [0.15, 0.2) is 59.7 Å². The first-order valence-corrected chi connectivity index (χ1v) is 8.18. The van der Waals surface area contributed by atoms with Crippen molar-refractivity contribution in [2.45, 2.75) is 13.8 Å². The van der Waals surface area contributed by atoms with Gasteiger partial charge in [0.25, 0.3) is 11.6 Å². The smallest absolute Gasteiger partial charge is 0.275 e. The molecule has 0 aliphatic carbocycles. The Morgan fingerprint density at radius 3 is 2.44 bits per heavy atom. The van der Waals surface area contributed by atoms with Crippen LogP contribution in [-0.2, 0) is 0 Å². The van der Waals surface area contributed by atoms with Crippen molar-refractivity contribution in [2.24, 2.45) is 5.10 Å². The lowest BCUT2D eigenvalue weighted by Gasteiger charge is -2.07. The zero-order chi connectivity index (χ0) is 19.6. The maximum Gasteiger partial charge on any atom is 0.275 e. The zero-order valence-corrected chi connectivity index (χ0v) is 14.8. The number of nitrogens with zero attached hydrogens (tertiary/aromatic N) is 2. The van der Waals surface area contributed by atoms with Crippen molar-refractivity contribution in [2.75, 3.05) is 0 Å². The maximum atomic E-state index is 12.4. The lowest BCUT2D eigenvalue weighted by molar-refractivity contribution is -0.385. The zero-order valence-electron chi connectivity index (χ0n) is 14.8. The molecule has 0 spiro atoms. The summed E-state index contributed by atoms with van der Waals surface area (Å²) in [5.41, 5.74) is 3.94. The van der Waals surface area contributed by atoms with Gasteiger partial charge in [0.15, 0.2) is 0 Å². The highest BCUT2D eigenvalue weighted by Crippen LogP contribution is 2.25. The number of aryl methyl sites for hydroxylation is 1. The Hall–Kier alpha value is -3.74. The molecule has 3 aromatic rings. The van der Waals surface area contributed by atoms with Crippen molar-refractivity contribution in [3.05, 3.63) is 81.4 Å². The number of phenolic OH excluding ortho intramolecular Hbond substituents is 1. The predicted octanol–water partition coefficient (Wildman–Crippen LogP) is 3.92. The molecule has 0 radical (unpaired) electrons. The number of fused-ring (bicyclic) bond motifs is 1. The molecule has 7 nitrogen and oxygen atoms in total. The van der Waals surface area contributed by atoms with Crippen molar-refractivity contribution >= 4 is 28.1 Å². The number of nitrogens with one attached hydrogen (secondary N) is 1. The summed E-state index contributed by atoms with van der Waals surface area (Å²) in [6.45, 7) is 3.29. The van der Waals surface area contributed by atoms with Crippen LogP contribution >= 0.6 is 0 Å². The van der Waals surface area contributed by atoms with Crippen LogP contribution in [0.4, 0.5) is 5.69 Å². The van der Waals surface area contributed by atoms with E-state index >= 15 is 0 Å². The van der Waals surface area contributed by atoms with Gasteiger partial charge in [0.05, 0.1) is 16.2 Å². The number of hydrogen-bond donors (Lipinski definition) is 2. The monoisotopic (exact) mass is 363 g/mol. The lowest BCUT2D eigenvalue weighted by Crippen LogP contribution is -2.19. The normalized spacial score (nSPS) is 11.4. The van der Waals surface area contributed by atoms with E-state index < -0.39 is 10.8 Å². The Morgan fingerprint density at radius 2 is 1.78 bits per heavy atom. The third kappa shape index (κ3) is 3.77. The largest absolute Gasteiger partial charge is 0.507 e. The van der Waals surface area contributed by atoms with Crippen LogP contribution in [0.5, 0.6) is 5.75 Å². The molecule has 0 aromatic heterocycles. The van der Waals surface area contributed by atoms with Crippen molar-refractivity contribution in [3.8, 4) is 5.75 Å². The molecule has 3 rings (SSSR count). The second-order valence-electron chi connectivity index (χ2n) is 6.11. The van der Waals surface area contributed by atoms with Crippen LogP contribution in [0.2, 0.25) is 0 Å². The van der Waals surface area contributed by atoms with Gasteiger partial charge in [0.1, 0.15) is 5.75 Å². The van der Waals surface area contributed by atoms with Gasteiger partial charge in [0.2, 0.25) is 0 Å². The summed E-state index contributed by atoms with van der Waals surface area (Å²) >= 11 is 0. The second-order valence-corrected chi connectivity index (χ2v) is 6.11. The first-order chi connectivity index (χ1) is 12.9. The number of benzene rings is 3. The molecule has 1 amide bonds. The number of carbonyl (C=O) groups is 1. The van der Waals surface area contributed by atoms with Crippen molar-refractivity contribution in [3.63, 3.8) is 0 Å². The summed E-state index contributed by atoms with van der Waals surface area (Å²) in [6, 6.07) is 15.2. The minimum atomic E-state index is -0.570. The molecule has 3 aromatic carbocycles. The van der Waals surface area contributed by atoms with E-state index in [2.05, 4.69) is 10.5 Å². The third-order valence-corrected chi connectivity index (χ3v) is 4.26. The van der Waals surface area contributed by atoms with Gasteiger partial charge in [0, 0.05) is 17.2 Å². The summed E-state index contributed by atoms with van der Waals surface area (Å²) < 4.78 is 0. The van der Waals surface area contributed by atoms with Crippen LogP contribution in [0.1, 0.15) is 28.4 Å². The molecule has 0 unspecified atom stereocenters. The number of aromatic hydroxyl groups is 1. The van der Waals surface area contributed by atoms with Crippen LogP contribution < -0.4 is 5.43 Å². The Bertz CT molecular complexity index is 1090. The standard InChI is InChI=1S/C20H17N3O4/c1-12-7-8-14(10-18(12)23(26)27)13(2)21-22-20(25)17-9-15-5-3-4-6-16(15)11-19(17)24/h3-11,24H,1-2H3,(H,22,25). The van der Waals surface area contributed by atoms with E-state index in [0.29, 0.717) is 16.8 Å². The Labute approximate surface area is 155 Å². The molecule has 136 valence electrons. The van der Waals surface area contributed by atoms with E-state index in [0.717, 1.165) is 10.8 Å². The fourth-order valence-electron chi connectivity index (χ4n) is 2.70. The highest BCUT2D eigenvalue weighted by molar-refractivity contribution is 6.03. The molecule has 0 bridgehead atoms.